The first kappa shape index (κ1) is 27.0. The number of para-hydroxylation sites is 1. The molecule has 1 amide bonds. The van der Waals surface area contributed by atoms with Crippen LogP contribution in [0.25, 0.3) is 33.9 Å². The molecule has 5 rings (SSSR count). The van der Waals surface area contributed by atoms with E-state index in [2.05, 4.69) is 49.2 Å². The van der Waals surface area contributed by atoms with Crippen molar-refractivity contribution in [3.63, 3.8) is 0 Å². The number of carbonyl (C=O) groups excluding carboxylic acids is 1. The number of hydrogen-bond acceptors (Lipinski definition) is 3. The van der Waals surface area contributed by atoms with Crippen LogP contribution >= 0.6 is 11.6 Å². The summed E-state index contributed by atoms with van der Waals surface area (Å²) in [5, 5.41) is 3.53. The highest BCUT2D eigenvalue weighted by atomic mass is 35.5. The van der Waals surface area contributed by atoms with Gasteiger partial charge in [0.1, 0.15) is 5.75 Å². The Morgan fingerprint density at radius 2 is 1.67 bits per heavy atom. The van der Waals surface area contributed by atoms with Gasteiger partial charge in [-0.25, -0.2) is 0 Å². The van der Waals surface area contributed by atoms with Crippen LogP contribution in [-0.2, 0) is 16.6 Å². The molecule has 0 bridgehead atoms. The predicted molar refractivity (Wildman–Crippen MR) is 164 cm³/mol. The van der Waals surface area contributed by atoms with Crippen LogP contribution in [0.4, 0.5) is 5.69 Å². The topological polar surface area (TPSA) is 52.5 Å². The van der Waals surface area contributed by atoms with E-state index in [0.29, 0.717) is 10.6 Å². The SMILES string of the molecule is Cn1ccc(C=C2C(=O)Nc3cc(Cl)c(-c4ccc(-c5ccccc5OCOCC[Si](C)(C)C)cc4)cc32)c1. The third kappa shape index (κ3) is 6.36. The van der Waals surface area contributed by atoms with Gasteiger partial charge in [-0.3, -0.25) is 4.79 Å². The highest BCUT2D eigenvalue weighted by Gasteiger charge is 2.26. The van der Waals surface area contributed by atoms with E-state index in [1.165, 1.54) is 0 Å². The van der Waals surface area contributed by atoms with E-state index in [1.807, 2.05) is 72.5 Å². The van der Waals surface area contributed by atoms with Crippen molar-refractivity contribution in [2.75, 3.05) is 18.7 Å². The fraction of sp³-hybridized carbons (Fsp3) is 0.219. The van der Waals surface area contributed by atoms with Gasteiger partial charge in [-0.1, -0.05) is 73.7 Å². The zero-order valence-corrected chi connectivity index (χ0v) is 24.5. The summed E-state index contributed by atoms with van der Waals surface area (Å²) in [5.41, 5.74) is 7.06. The first-order valence-electron chi connectivity index (χ1n) is 13.1. The standard InChI is InChI=1S/C32H33ClN2O3Si/c1-35-14-13-22(20-35)17-28-27-18-26(29(33)19-30(27)34-32(28)36)24-11-9-23(10-12-24)25-7-5-6-8-31(25)38-21-37-15-16-39(2,3)4/h5-14,17-20H,15-16,21H2,1-4H3,(H,34,36). The Morgan fingerprint density at radius 3 is 2.36 bits per heavy atom. The van der Waals surface area contributed by atoms with Gasteiger partial charge in [0.25, 0.3) is 5.91 Å². The lowest BCUT2D eigenvalue weighted by atomic mass is 9.96. The highest BCUT2D eigenvalue weighted by Crippen LogP contribution is 2.41. The predicted octanol–water partition coefficient (Wildman–Crippen LogP) is 8.20. The number of ether oxygens (including phenoxy) is 2. The number of rotatable bonds is 9. The lowest BCUT2D eigenvalue weighted by molar-refractivity contribution is -0.110. The van der Waals surface area contributed by atoms with Crippen LogP contribution in [0.1, 0.15) is 11.1 Å². The summed E-state index contributed by atoms with van der Waals surface area (Å²) in [6.07, 6.45) is 5.85. The van der Waals surface area contributed by atoms with Gasteiger partial charge in [-0.15, -0.1) is 0 Å². The zero-order chi connectivity index (χ0) is 27.6. The molecule has 0 atom stereocenters. The second-order valence-electron chi connectivity index (χ2n) is 11.1. The van der Waals surface area contributed by atoms with Gasteiger partial charge < -0.3 is 19.4 Å². The van der Waals surface area contributed by atoms with Gasteiger partial charge in [0.05, 0.1) is 10.7 Å². The van der Waals surface area contributed by atoms with Crippen LogP contribution in [0.5, 0.6) is 5.75 Å². The van der Waals surface area contributed by atoms with E-state index in [4.69, 9.17) is 21.1 Å². The van der Waals surface area contributed by atoms with E-state index >= 15 is 0 Å². The number of nitrogens with zero attached hydrogens (tertiary/aromatic N) is 1. The van der Waals surface area contributed by atoms with Crippen LogP contribution < -0.4 is 10.1 Å². The Hall–Kier alpha value is -3.58. The summed E-state index contributed by atoms with van der Waals surface area (Å²) >= 11 is 6.69. The van der Waals surface area contributed by atoms with E-state index in [1.54, 1.807) is 0 Å². The van der Waals surface area contributed by atoms with E-state index in [9.17, 15) is 4.79 Å². The Kier molecular flexibility index (Phi) is 7.80. The summed E-state index contributed by atoms with van der Waals surface area (Å²) in [7, 11) is 0.826. The Balaban J connectivity index is 1.37. The molecular weight excluding hydrogens is 524 g/mol. The molecule has 4 aromatic rings. The van der Waals surface area contributed by atoms with E-state index < -0.39 is 8.07 Å². The third-order valence-corrected chi connectivity index (χ3v) is 8.76. The summed E-state index contributed by atoms with van der Waals surface area (Å²) < 4.78 is 13.7. The molecule has 0 unspecified atom stereocenters. The Morgan fingerprint density at radius 1 is 0.949 bits per heavy atom. The fourth-order valence-corrected chi connectivity index (χ4v) is 5.59. The average Bonchev–Trinajstić information content (AvgIpc) is 3.44. The van der Waals surface area contributed by atoms with Crippen molar-refractivity contribution in [2.24, 2.45) is 7.05 Å². The monoisotopic (exact) mass is 556 g/mol. The number of halogens is 1. The van der Waals surface area contributed by atoms with Crippen molar-refractivity contribution in [1.82, 2.24) is 4.57 Å². The normalized spacial score (nSPS) is 14.0. The maximum Gasteiger partial charge on any atom is 0.256 e. The van der Waals surface area contributed by atoms with Gasteiger partial charge >= 0.3 is 0 Å². The molecule has 0 fully saturated rings. The number of benzene rings is 3. The summed E-state index contributed by atoms with van der Waals surface area (Å²) in [6.45, 7) is 7.96. The van der Waals surface area contributed by atoms with Gasteiger partial charge in [-0.05, 0) is 53.1 Å². The molecule has 0 saturated carbocycles. The molecule has 200 valence electrons. The van der Waals surface area contributed by atoms with E-state index in [0.717, 1.165) is 57.5 Å². The van der Waals surface area contributed by atoms with Crippen molar-refractivity contribution in [2.45, 2.75) is 25.7 Å². The molecule has 0 saturated heterocycles. The first-order valence-corrected chi connectivity index (χ1v) is 17.2. The number of amides is 1. The number of aryl methyl sites for hydroxylation is 1. The molecule has 3 aromatic carbocycles. The molecule has 7 heteroatoms. The van der Waals surface area contributed by atoms with Crippen molar-refractivity contribution < 1.29 is 14.3 Å². The van der Waals surface area contributed by atoms with Crippen LogP contribution in [0.3, 0.4) is 0 Å². The van der Waals surface area contributed by atoms with Crippen LogP contribution in [0.2, 0.25) is 30.7 Å². The third-order valence-electron chi connectivity index (χ3n) is 6.74. The van der Waals surface area contributed by atoms with Crippen LogP contribution in [0, 0.1) is 0 Å². The number of carbonyl (C=O) groups is 1. The molecule has 1 aliphatic heterocycles. The second kappa shape index (κ2) is 11.3. The van der Waals surface area contributed by atoms with Crippen molar-refractivity contribution in [1.29, 1.82) is 0 Å². The maximum atomic E-state index is 12.7. The van der Waals surface area contributed by atoms with Crippen molar-refractivity contribution in [3.8, 4) is 28.0 Å². The van der Waals surface area contributed by atoms with Gasteiger partial charge in [-0.2, -0.15) is 0 Å². The van der Waals surface area contributed by atoms with Crippen molar-refractivity contribution >= 4 is 42.9 Å². The summed E-state index contributed by atoms with van der Waals surface area (Å²) in [6, 6.07) is 23.1. The molecule has 5 nitrogen and oxygen atoms in total. The maximum absolute atomic E-state index is 12.7. The Bertz CT molecular complexity index is 1530. The molecule has 0 aliphatic carbocycles. The van der Waals surface area contributed by atoms with Crippen molar-refractivity contribution in [3.05, 3.63) is 95.3 Å². The minimum atomic E-state index is -1.13. The van der Waals surface area contributed by atoms with Gasteiger partial charge in [0.15, 0.2) is 6.79 Å². The number of fused-ring (bicyclic) bond motifs is 1. The largest absolute Gasteiger partial charge is 0.467 e. The van der Waals surface area contributed by atoms with Crippen LogP contribution in [-0.4, -0.2) is 31.9 Å². The Labute approximate surface area is 236 Å². The van der Waals surface area contributed by atoms with Gasteiger partial charge in [0.2, 0.25) is 0 Å². The summed E-state index contributed by atoms with van der Waals surface area (Å²) in [4.78, 5) is 12.7. The quantitative estimate of drug-likeness (QED) is 0.0978. The lowest BCUT2D eigenvalue weighted by Crippen LogP contribution is -2.22. The minimum Gasteiger partial charge on any atom is -0.467 e. The molecule has 39 heavy (non-hydrogen) atoms. The van der Waals surface area contributed by atoms with Gasteiger partial charge in [0, 0.05) is 56.4 Å². The number of aromatic nitrogens is 1. The molecule has 1 aliphatic rings. The summed E-state index contributed by atoms with van der Waals surface area (Å²) in [5.74, 6) is 0.660. The minimum absolute atomic E-state index is 0.126. The average molecular weight is 557 g/mol. The number of anilines is 1. The molecule has 2 heterocycles. The second-order valence-corrected chi connectivity index (χ2v) is 17.1. The first-order chi connectivity index (χ1) is 18.7. The molecule has 0 radical (unpaired) electrons. The highest BCUT2D eigenvalue weighted by molar-refractivity contribution is 6.76. The fourth-order valence-electron chi connectivity index (χ4n) is 4.56. The molecule has 1 aromatic heterocycles. The number of nitrogens with one attached hydrogen (secondary N) is 1. The smallest absolute Gasteiger partial charge is 0.256 e. The number of hydrogen-bond donors (Lipinski definition) is 1. The molecule has 0 spiro atoms. The molecule has 1 N–H and O–H groups in total. The van der Waals surface area contributed by atoms with Crippen LogP contribution in [0.15, 0.2) is 79.1 Å². The molecular formula is C32H33ClN2O3Si. The van der Waals surface area contributed by atoms with E-state index in [-0.39, 0.29) is 12.7 Å². The zero-order valence-electron chi connectivity index (χ0n) is 22.8. The lowest BCUT2D eigenvalue weighted by Gasteiger charge is -2.16.